The van der Waals surface area contributed by atoms with Crippen molar-refractivity contribution in [2.45, 2.75) is 12.1 Å². The molecule has 0 saturated carbocycles. The van der Waals surface area contributed by atoms with E-state index >= 15 is 0 Å². The number of aliphatic carboxylic acids is 2. The fraction of sp³-hybridized carbons (Fsp3) is 0.222. The van der Waals surface area contributed by atoms with Crippen LogP contribution in [0.5, 0.6) is 0 Å². The van der Waals surface area contributed by atoms with Crippen LogP contribution in [0, 0.1) is 10.1 Å². The van der Waals surface area contributed by atoms with Crippen molar-refractivity contribution in [1.29, 1.82) is 0 Å². The van der Waals surface area contributed by atoms with E-state index in [1.54, 1.807) is 0 Å². The number of aromatic nitrogens is 1. The van der Waals surface area contributed by atoms with E-state index in [0.29, 0.717) is 0 Å². The summed E-state index contributed by atoms with van der Waals surface area (Å²) < 4.78 is 37.2. The third kappa shape index (κ3) is 2.99. The Morgan fingerprint density at radius 2 is 1.80 bits per heavy atom. The number of pyridine rings is 1. The maximum Gasteiger partial charge on any atom is 0.418 e. The van der Waals surface area contributed by atoms with Gasteiger partial charge in [0, 0.05) is 12.3 Å². The summed E-state index contributed by atoms with van der Waals surface area (Å²) in [6.45, 7) is 0. The first kappa shape index (κ1) is 15.3. The molecular weight excluding hydrogens is 289 g/mol. The molecule has 2 N–H and O–H groups in total. The second kappa shape index (κ2) is 5.11. The van der Waals surface area contributed by atoms with Crippen molar-refractivity contribution >= 4 is 17.6 Å². The summed E-state index contributed by atoms with van der Waals surface area (Å²) in [6.07, 6.45) is -4.79. The van der Waals surface area contributed by atoms with Gasteiger partial charge in [-0.3, -0.25) is 24.7 Å². The maximum absolute atomic E-state index is 12.4. The van der Waals surface area contributed by atoms with Crippen LogP contribution in [0.25, 0.3) is 0 Å². The standard InChI is InChI=1S/C9H5F3N2O6/c10-9(11,12)3-1-4(14(19)20)6(13-2-3)5(7(15)16)8(17)18/h1-2,5H,(H,15,16)(H,17,18). The first-order valence-corrected chi connectivity index (χ1v) is 4.73. The largest absolute Gasteiger partial charge is 0.480 e. The Morgan fingerprint density at radius 3 is 2.15 bits per heavy atom. The molecule has 0 amide bonds. The van der Waals surface area contributed by atoms with Crippen molar-refractivity contribution in [3.8, 4) is 0 Å². The van der Waals surface area contributed by atoms with Crippen LogP contribution >= 0.6 is 0 Å². The number of hydrogen-bond acceptors (Lipinski definition) is 5. The molecule has 0 fully saturated rings. The van der Waals surface area contributed by atoms with Gasteiger partial charge in [0.25, 0.3) is 5.69 Å². The number of rotatable bonds is 4. The predicted octanol–water partition coefficient (Wildman–Crippen LogP) is 1.26. The van der Waals surface area contributed by atoms with Crippen LogP contribution in [-0.2, 0) is 15.8 Å². The van der Waals surface area contributed by atoms with E-state index in [1.165, 1.54) is 0 Å². The van der Waals surface area contributed by atoms with Gasteiger partial charge in [0.1, 0.15) is 5.69 Å². The van der Waals surface area contributed by atoms with Gasteiger partial charge < -0.3 is 10.2 Å². The van der Waals surface area contributed by atoms with Gasteiger partial charge >= 0.3 is 18.1 Å². The van der Waals surface area contributed by atoms with Crippen LogP contribution < -0.4 is 0 Å². The molecule has 0 unspecified atom stereocenters. The van der Waals surface area contributed by atoms with Gasteiger partial charge in [0.05, 0.1) is 10.5 Å². The smallest absolute Gasteiger partial charge is 0.418 e. The second-order valence-corrected chi connectivity index (χ2v) is 3.49. The van der Waals surface area contributed by atoms with Crippen LogP contribution in [0.15, 0.2) is 12.3 Å². The summed E-state index contributed by atoms with van der Waals surface area (Å²) in [7, 11) is 0. The number of nitro groups is 1. The minimum atomic E-state index is -4.93. The van der Waals surface area contributed by atoms with Crippen LogP contribution in [0.2, 0.25) is 0 Å². The molecule has 108 valence electrons. The molecule has 0 aliphatic heterocycles. The average Bonchev–Trinajstić information content (AvgIpc) is 2.26. The summed E-state index contributed by atoms with van der Waals surface area (Å²) >= 11 is 0. The summed E-state index contributed by atoms with van der Waals surface area (Å²) in [5, 5.41) is 28.0. The van der Waals surface area contributed by atoms with E-state index in [-0.39, 0.29) is 12.3 Å². The molecule has 8 nitrogen and oxygen atoms in total. The van der Waals surface area contributed by atoms with Gasteiger partial charge in [0.15, 0.2) is 0 Å². The quantitative estimate of drug-likeness (QED) is 0.485. The molecule has 11 heteroatoms. The van der Waals surface area contributed by atoms with E-state index in [0.717, 1.165) is 0 Å². The fourth-order valence-electron chi connectivity index (χ4n) is 1.33. The molecule has 1 rings (SSSR count). The lowest BCUT2D eigenvalue weighted by Gasteiger charge is -2.10. The summed E-state index contributed by atoms with van der Waals surface area (Å²) in [4.78, 5) is 33.8. The normalized spacial score (nSPS) is 11.4. The molecule has 0 saturated heterocycles. The van der Waals surface area contributed by atoms with Crippen molar-refractivity contribution in [3.63, 3.8) is 0 Å². The summed E-state index contributed by atoms with van der Waals surface area (Å²) in [6, 6.07) is 0.0429. The summed E-state index contributed by atoms with van der Waals surface area (Å²) in [5.41, 5.74) is -3.89. The van der Waals surface area contributed by atoms with Crippen molar-refractivity contribution < 1.29 is 37.9 Å². The molecular formula is C9H5F3N2O6. The van der Waals surface area contributed by atoms with Gasteiger partial charge in [-0.25, -0.2) is 0 Å². The minimum absolute atomic E-state index is 0.0429. The first-order chi connectivity index (χ1) is 9.05. The van der Waals surface area contributed by atoms with E-state index in [1.807, 2.05) is 0 Å². The van der Waals surface area contributed by atoms with Gasteiger partial charge in [-0.2, -0.15) is 13.2 Å². The highest BCUT2D eigenvalue weighted by Crippen LogP contribution is 2.34. The number of hydrogen-bond donors (Lipinski definition) is 2. The Bertz CT molecular complexity index is 572. The third-order valence-electron chi connectivity index (χ3n) is 2.19. The lowest BCUT2D eigenvalue weighted by molar-refractivity contribution is -0.386. The number of carbonyl (C=O) groups is 2. The number of carboxylic acid groups (broad SMARTS) is 2. The van der Waals surface area contributed by atoms with Crippen LogP contribution in [0.3, 0.4) is 0 Å². The fourth-order valence-corrected chi connectivity index (χ4v) is 1.33. The number of alkyl halides is 3. The molecule has 0 aliphatic carbocycles. The van der Waals surface area contributed by atoms with Crippen LogP contribution in [0.1, 0.15) is 17.2 Å². The van der Waals surface area contributed by atoms with Gasteiger partial charge in [-0.05, 0) is 0 Å². The lowest BCUT2D eigenvalue weighted by atomic mass is 10.0. The Kier molecular flexibility index (Phi) is 3.92. The molecule has 0 aromatic carbocycles. The van der Waals surface area contributed by atoms with Crippen molar-refractivity contribution in [2.75, 3.05) is 0 Å². The Morgan fingerprint density at radius 1 is 1.30 bits per heavy atom. The molecule has 0 spiro atoms. The monoisotopic (exact) mass is 294 g/mol. The van der Waals surface area contributed by atoms with Crippen molar-refractivity contribution in [3.05, 3.63) is 33.6 Å². The van der Waals surface area contributed by atoms with Gasteiger partial charge in [-0.1, -0.05) is 0 Å². The first-order valence-electron chi connectivity index (χ1n) is 4.73. The molecule has 1 aromatic rings. The third-order valence-corrected chi connectivity index (χ3v) is 2.19. The van der Waals surface area contributed by atoms with E-state index in [2.05, 4.69) is 4.98 Å². The zero-order chi connectivity index (χ0) is 15.7. The topological polar surface area (TPSA) is 131 Å². The molecule has 20 heavy (non-hydrogen) atoms. The second-order valence-electron chi connectivity index (χ2n) is 3.49. The zero-order valence-electron chi connectivity index (χ0n) is 9.29. The number of nitrogens with zero attached hydrogens (tertiary/aromatic N) is 2. The molecule has 0 atom stereocenters. The summed E-state index contributed by atoms with van der Waals surface area (Å²) in [5.74, 6) is -6.39. The zero-order valence-corrected chi connectivity index (χ0v) is 9.29. The lowest BCUT2D eigenvalue weighted by Crippen LogP contribution is -2.23. The van der Waals surface area contributed by atoms with E-state index in [4.69, 9.17) is 10.2 Å². The Balaban J connectivity index is 3.52. The maximum atomic E-state index is 12.4. The minimum Gasteiger partial charge on any atom is -0.480 e. The van der Waals surface area contributed by atoms with Crippen LogP contribution in [-0.4, -0.2) is 32.1 Å². The number of halogens is 3. The highest BCUT2D eigenvalue weighted by Gasteiger charge is 2.39. The Hall–Kier alpha value is -2.72. The molecule has 1 aromatic heterocycles. The highest BCUT2D eigenvalue weighted by molar-refractivity contribution is 5.99. The predicted molar refractivity (Wildman–Crippen MR) is 53.9 cm³/mol. The van der Waals surface area contributed by atoms with Crippen molar-refractivity contribution in [2.24, 2.45) is 0 Å². The van der Waals surface area contributed by atoms with Gasteiger partial charge in [-0.15, -0.1) is 0 Å². The molecule has 0 aliphatic rings. The van der Waals surface area contributed by atoms with E-state index < -0.39 is 45.9 Å². The highest BCUT2D eigenvalue weighted by atomic mass is 19.4. The molecule has 0 bridgehead atoms. The van der Waals surface area contributed by atoms with E-state index in [9.17, 15) is 32.9 Å². The van der Waals surface area contributed by atoms with Gasteiger partial charge in [0.2, 0.25) is 5.92 Å². The van der Waals surface area contributed by atoms with Crippen molar-refractivity contribution in [1.82, 2.24) is 4.98 Å². The average molecular weight is 294 g/mol. The molecule has 1 heterocycles. The molecule has 0 radical (unpaired) electrons. The SMILES string of the molecule is O=C(O)C(C(=O)O)c1ncc(C(F)(F)F)cc1[N+](=O)[O-]. The Labute approximate surface area is 107 Å². The number of carboxylic acids is 2. The van der Waals surface area contributed by atoms with Crippen LogP contribution in [0.4, 0.5) is 18.9 Å².